The Hall–Kier alpha value is -2.95. The number of nitrogens with zero attached hydrogens (tertiary/aromatic N) is 4. The topological polar surface area (TPSA) is 88.5 Å². The third-order valence-corrected chi connectivity index (χ3v) is 7.19. The molecule has 0 atom stereocenters. The lowest BCUT2D eigenvalue weighted by atomic mass is 10.1. The molecule has 0 spiro atoms. The summed E-state index contributed by atoms with van der Waals surface area (Å²) in [5.41, 5.74) is 7.99. The van der Waals surface area contributed by atoms with Gasteiger partial charge in [0.2, 0.25) is 4.96 Å². The summed E-state index contributed by atoms with van der Waals surface area (Å²) in [6.07, 6.45) is 1.36. The smallest absolute Gasteiger partial charge is 0.251 e. The zero-order chi connectivity index (χ0) is 23.7. The SMILES string of the molecule is NCc1ccc(-c2nc3sc4cc(C(=O)NCCCN5CCC(F)CC5)ccc4n3n2)c(F)c1. The van der Waals surface area contributed by atoms with Gasteiger partial charge < -0.3 is 16.0 Å². The maximum Gasteiger partial charge on any atom is 0.251 e. The first kappa shape index (κ1) is 22.8. The van der Waals surface area contributed by atoms with Crippen molar-refractivity contribution in [2.75, 3.05) is 26.2 Å². The molecule has 0 saturated carbocycles. The molecule has 3 heterocycles. The Balaban J connectivity index is 1.25. The number of alkyl halides is 1. The third kappa shape index (κ3) is 4.66. The van der Waals surface area contributed by atoms with Crippen LogP contribution in [0.4, 0.5) is 8.78 Å². The van der Waals surface area contributed by atoms with Crippen molar-refractivity contribution in [3.63, 3.8) is 0 Å². The average Bonchev–Trinajstić information content (AvgIpc) is 3.40. The maximum absolute atomic E-state index is 14.5. The second-order valence-electron chi connectivity index (χ2n) is 8.56. The van der Waals surface area contributed by atoms with E-state index in [4.69, 9.17) is 5.73 Å². The number of likely N-dealkylation sites (tertiary alicyclic amines) is 1. The molecule has 7 nitrogen and oxygen atoms in total. The molecule has 0 unspecified atom stereocenters. The van der Waals surface area contributed by atoms with Crippen LogP contribution in [0.25, 0.3) is 26.6 Å². The fourth-order valence-corrected chi connectivity index (χ4v) is 5.24. The van der Waals surface area contributed by atoms with Crippen molar-refractivity contribution in [3.8, 4) is 11.4 Å². The minimum Gasteiger partial charge on any atom is -0.352 e. The number of thiazole rings is 1. The molecule has 178 valence electrons. The number of piperidine rings is 1. The van der Waals surface area contributed by atoms with Crippen molar-refractivity contribution >= 4 is 32.4 Å². The van der Waals surface area contributed by atoms with Gasteiger partial charge in [-0.2, -0.15) is 4.98 Å². The number of halogens is 2. The molecule has 10 heteroatoms. The number of aromatic nitrogens is 3. The Kier molecular flexibility index (Phi) is 6.53. The summed E-state index contributed by atoms with van der Waals surface area (Å²) in [4.78, 5) is 20.0. The molecule has 3 N–H and O–H groups in total. The third-order valence-electron chi connectivity index (χ3n) is 6.19. The molecule has 4 aromatic rings. The molecule has 1 saturated heterocycles. The highest BCUT2D eigenvalue weighted by Crippen LogP contribution is 2.29. The number of benzene rings is 2. The molecule has 0 radical (unpaired) electrons. The van der Waals surface area contributed by atoms with Crippen LogP contribution in [-0.2, 0) is 6.54 Å². The molecular weight excluding hydrogens is 458 g/mol. The van der Waals surface area contributed by atoms with E-state index in [1.54, 1.807) is 22.7 Å². The minimum absolute atomic E-state index is 0.133. The number of nitrogens with two attached hydrogens (primary N) is 1. The number of carbonyl (C=O) groups is 1. The van der Waals surface area contributed by atoms with Crippen molar-refractivity contribution < 1.29 is 13.6 Å². The predicted octanol–water partition coefficient (Wildman–Crippen LogP) is 3.76. The second-order valence-corrected chi connectivity index (χ2v) is 9.57. The lowest BCUT2D eigenvalue weighted by Crippen LogP contribution is -2.36. The summed E-state index contributed by atoms with van der Waals surface area (Å²) in [7, 11) is 0. The number of hydrogen-bond acceptors (Lipinski definition) is 6. The lowest BCUT2D eigenvalue weighted by molar-refractivity contribution is 0.0950. The van der Waals surface area contributed by atoms with Crippen LogP contribution < -0.4 is 11.1 Å². The van der Waals surface area contributed by atoms with Crippen LogP contribution in [0.2, 0.25) is 0 Å². The second kappa shape index (κ2) is 9.73. The summed E-state index contributed by atoms with van der Waals surface area (Å²) in [5, 5.41) is 7.45. The Morgan fingerprint density at radius 3 is 2.79 bits per heavy atom. The molecule has 2 aromatic heterocycles. The van der Waals surface area contributed by atoms with Crippen molar-refractivity contribution in [2.45, 2.75) is 32.0 Å². The Morgan fingerprint density at radius 2 is 2.03 bits per heavy atom. The van der Waals surface area contributed by atoms with Gasteiger partial charge in [0.15, 0.2) is 5.82 Å². The molecule has 1 fully saturated rings. The van der Waals surface area contributed by atoms with Crippen LogP contribution in [-0.4, -0.2) is 57.8 Å². The van der Waals surface area contributed by atoms with E-state index < -0.39 is 12.0 Å². The van der Waals surface area contributed by atoms with Crippen LogP contribution in [0.5, 0.6) is 0 Å². The maximum atomic E-state index is 14.5. The molecular formula is C24H26F2N6OS. The zero-order valence-corrected chi connectivity index (χ0v) is 19.5. The van der Waals surface area contributed by atoms with Crippen molar-refractivity contribution in [1.82, 2.24) is 24.8 Å². The summed E-state index contributed by atoms with van der Waals surface area (Å²) in [6.45, 7) is 3.26. The first-order valence-corrected chi connectivity index (χ1v) is 12.3. The van der Waals surface area contributed by atoms with Gasteiger partial charge in [0, 0.05) is 31.7 Å². The van der Waals surface area contributed by atoms with E-state index in [1.807, 2.05) is 12.1 Å². The van der Waals surface area contributed by atoms with Crippen molar-refractivity contribution in [2.24, 2.45) is 5.73 Å². The highest BCUT2D eigenvalue weighted by atomic mass is 32.1. The highest BCUT2D eigenvalue weighted by Gasteiger charge is 2.18. The summed E-state index contributed by atoms with van der Waals surface area (Å²) < 4.78 is 30.2. The van der Waals surface area contributed by atoms with E-state index in [0.29, 0.717) is 46.9 Å². The normalized spacial score (nSPS) is 15.4. The van der Waals surface area contributed by atoms with E-state index in [0.717, 1.165) is 36.3 Å². The van der Waals surface area contributed by atoms with Crippen LogP contribution in [0, 0.1) is 5.82 Å². The monoisotopic (exact) mass is 484 g/mol. The molecule has 1 aliphatic heterocycles. The molecule has 1 amide bonds. The van der Waals surface area contributed by atoms with E-state index >= 15 is 0 Å². The van der Waals surface area contributed by atoms with Gasteiger partial charge in [0.05, 0.1) is 15.8 Å². The van der Waals surface area contributed by atoms with E-state index in [1.165, 1.54) is 17.4 Å². The van der Waals surface area contributed by atoms with Gasteiger partial charge in [0.25, 0.3) is 5.91 Å². The fourth-order valence-electron chi connectivity index (χ4n) is 4.24. The molecule has 2 aromatic carbocycles. The van der Waals surface area contributed by atoms with Gasteiger partial charge in [-0.15, -0.1) is 5.10 Å². The van der Waals surface area contributed by atoms with Crippen molar-refractivity contribution in [1.29, 1.82) is 0 Å². The van der Waals surface area contributed by atoms with Crippen LogP contribution in [0.3, 0.4) is 0 Å². The van der Waals surface area contributed by atoms with Gasteiger partial charge >= 0.3 is 0 Å². The first-order valence-electron chi connectivity index (χ1n) is 11.4. The van der Waals surface area contributed by atoms with Crippen LogP contribution >= 0.6 is 11.3 Å². The number of hydrogen-bond donors (Lipinski definition) is 2. The summed E-state index contributed by atoms with van der Waals surface area (Å²) in [5.74, 6) is -0.228. The van der Waals surface area contributed by atoms with Gasteiger partial charge in [-0.1, -0.05) is 17.4 Å². The van der Waals surface area contributed by atoms with Crippen LogP contribution in [0.1, 0.15) is 35.2 Å². The van der Waals surface area contributed by atoms with Gasteiger partial charge in [-0.25, -0.2) is 13.3 Å². The Morgan fingerprint density at radius 1 is 1.21 bits per heavy atom. The van der Waals surface area contributed by atoms with E-state index in [-0.39, 0.29) is 12.5 Å². The number of carbonyl (C=O) groups excluding carboxylic acids is 1. The highest BCUT2D eigenvalue weighted by molar-refractivity contribution is 7.23. The minimum atomic E-state index is -0.670. The molecule has 0 aliphatic carbocycles. The Bertz CT molecular complexity index is 1330. The van der Waals surface area contributed by atoms with Crippen LogP contribution in [0.15, 0.2) is 36.4 Å². The molecule has 5 rings (SSSR count). The average molecular weight is 485 g/mol. The van der Waals surface area contributed by atoms with Gasteiger partial charge in [-0.05, 0) is 61.7 Å². The quantitative estimate of drug-likeness (QED) is 0.390. The summed E-state index contributed by atoms with van der Waals surface area (Å²) >= 11 is 1.40. The largest absolute Gasteiger partial charge is 0.352 e. The summed E-state index contributed by atoms with van der Waals surface area (Å²) in [6, 6.07) is 10.2. The number of fused-ring (bicyclic) bond motifs is 3. The molecule has 34 heavy (non-hydrogen) atoms. The zero-order valence-electron chi connectivity index (χ0n) is 18.6. The van der Waals surface area contributed by atoms with E-state index in [9.17, 15) is 13.6 Å². The molecule has 0 bridgehead atoms. The predicted molar refractivity (Wildman–Crippen MR) is 129 cm³/mol. The number of amides is 1. The lowest BCUT2D eigenvalue weighted by Gasteiger charge is -2.28. The van der Waals surface area contributed by atoms with E-state index in [2.05, 4.69) is 20.3 Å². The van der Waals surface area contributed by atoms with Crippen molar-refractivity contribution in [3.05, 3.63) is 53.3 Å². The standard InChI is InChI=1S/C24H26F2N6OS/c25-17-6-10-31(11-7-17)9-1-8-28-23(33)16-3-5-20-21(13-16)34-24-29-22(30-32(20)24)18-4-2-15(14-27)12-19(18)26/h2-5,12-13,17H,1,6-11,14,27H2,(H,28,33). The number of rotatable bonds is 7. The van der Waals surface area contributed by atoms with Gasteiger partial charge in [-0.3, -0.25) is 4.79 Å². The van der Waals surface area contributed by atoms with Gasteiger partial charge in [0.1, 0.15) is 12.0 Å². The number of nitrogens with one attached hydrogen (secondary N) is 1. The fraction of sp³-hybridized carbons (Fsp3) is 0.375. The Labute approximate surface area is 199 Å². The first-order chi connectivity index (χ1) is 16.5. The molecule has 1 aliphatic rings.